The van der Waals surface area contributed by atoms with Gasteiger partial charge in [0.25, 0.3) is 0 Å². The smallest absolute Gasteiger partial charge is 0.227 e. The Bertz CT molecular complexity index is 1170. The molecule has 1 amide bonds. The van der Waals surface area contributed by atoms with E-state index in [4.69, 9.17) is 0 Å². The quantitative estimate of drug-likeness (QED) is 0.540. The summed E-state index contributed by atoms with van der Waals surface area (Å²) in [6.07, 6.45) is 7.90. The lowest BCUT2D eigenvalue weighted by atomic mass is 9.93. The van der Waals surface area contributed by atoms with E-state index in [9.17, 15) is 4.79 Å². The average molecular weight is 399 g/mol. The minimum absolute atomic E-state index is 0.206. The zero-order chi connectivity index (χ0) is 20.5. The zero-order valence-corrected chi connectivity index (χ0v) is 17.1. The van der Waals surface area contributed by atoms with Gasteiger partial charge in [0.2, 0.25) is 5.91 Å². The maximum Gasteiger partial charge on any atom is 0.227 e. The lowest BCUT2D eigenvalue weighted by Crippen LogP contribution is -2.38. The van der Waals surface area contributed by atoms with Crippen LogP contribution in [0.4, 0.5) is 0 Å². The summed E-state index contributed by atoms with van der Waals surface area (Å²) in [5, 5.41) is 8.82. The Hall–Kier alpha value is -3.41. The van der Waals surface area contributed by atoms with Gasteiger partial charge >= 0.3 is 0 Å². The van der Waals surface area contributed by atoms with Gasteiger partial charge in [-0.25, -0.2) is 0 Å². The number of H-pyrrole nitrogens is 2. The Kier molecular flexibility index (Phi) is 4.83. The summed E-state index contributed by atoms with van der Waals surface area (Å²) >= 11 is 0. The molecule has 0 atom stereocenters. The molecule has 0 radical (unpaired) electrons. The molecule has 3 aromatic heterocycles. The van der Waals surface area contributed by atoms with Crippen LogP contribution in [0, 0.1) is 6.92 Å². The number of nitrogens with one attached hydrogen (secondary N) is 2. The fraction of sp³-hybridized carbons (Fsp3) is 0.292. The molecule has 0 unspecified atom stereocenters. The zero-order valence-electron chi connectivity index (χ0n) is 17.1. The predicted octanol–water partition coefficient (Wildman–Crippen LogP) is 4.21. The van der Waals surface area contributed by atoms with E-state index in [0.717, 1.165) is 59.3 Å². The van der Waals surface area contributed by atoms with Crippen molar-refractivity contribution in [3.63, 3.8) is 0 Å². The third-order valence-corrected chi connectivity index (χ3v) is 6.21. The molecule has 30 heavy (non-hydrogen) atoms. The van der Waals surface area contributed by atoms with Crippen LogP contribution in [0.25, 0.3) is 22.2 Å². The van der Waals surface area contributed by atoms with Gasteiger partial charge in [-0.05, 0) is 49.1 Å². The second-order valence-electron chi connectivity index (χ2n) is 8.09. The number of hydrogen-bond donors (Lipinski definition) is 2. The van der Waals surface area contributed by atoms with E-state index in [0.29, 0.717) is 12.3 Å². The predicted molar refractivity (Wildman–Crippen MR) is 117 cm³/mol. The molecule has 0 saturated carbocycles. The number of likely N-dealkylation sites (tertiary alicyclic amines) is 1. The SMILES string of the molecule is Cc1cccc2c(CC(=O)N3CCC(c4cc(-c5ccncc5)n[nH]4)CC3)c[nH]c12. The van der Waals surface area contributed by atoms with Gasteiger partial charge in [0.1, 0.15) is 0 Å². The number of carbonyl (C=O) groups excluding carboxylic acids is 1. The van der Waals surface area contributed by atoms with Gasteiger partial charge < -0.3 is 9.88 Å². The average Bonchev–Trinajstić information content (AvgIpc) is 3.43. The van der Waals surface area contributed by atoms with Crippen molar-refractivity contribution in [2.75, 3.05) is 13.1 Å². The van der Waals surface area contributed by atoms with Crippen LogP contribution in [-0.4, -0.2) is 44.1 Å². The molecule has 1 fully saturated rings. The topological polar surface area (TPSA) is 77.7 Å². The van der Waals surface area contributed by atoms with Gasteiger partial charge in [0, 0.05) is 59.8 Å². The fourth-order valence-electron chi connectivity index (χ4n) is 4.44. The van der Waals surface area contributed by atoms with Crippen molar-refractivity contribution in [3.8, 4) is 11.3 Å². The molecular weight excluding hydrogens is 374 g/mol. The number of para-hydroxylation sites is 1. The van der Waals surface area contributed by atoms with E-state index in [1.807, 2.05) is 23.2 Å². The number of fused-ring (bicyclic) bond motifs is 1. The first-order chi connectivity index (χ1) is 14.7. The summed E-state index contributed by atoms with van der Waals surface area (Å²) in [6.45, 7) is 3.66. The number of rotatable bonds is 4. The van der Waals surface area contributed by atoms with Gasteiger partial charge in [0.15, 0.2) is 0 Å². The van der Waals surface area contributed by atoms with Crippen LogP contribution in [0.3, 0.4) is 0 Å². The molecule has 4 aromatic rings. The molecule has 2 N–H and O–H groups in total. The minimum atomic E-state index is 0.206. The van der Waals surface area contributed by atoms with E-state index >= 15 is 0 Å². The summed E-state index contributed by atoms with van der Waals surface area (Å²) in [5.41, 5.74) is 6.58. The number of aryl methyl sites for hydroxylation is 1. The molecule has 6 heteroatoms. The normalized spacial score (nSPS) is 15.0. The van der Waals surface area contributed by atoms with E-state index in [-0.39, 0.29) is 5.91 Å². The molecule has 0 spiro atoms. The third kappa shape index (κ3) is 3.49. The number of carbonyl (C=O) groups is 1. The van der Waals surface area contributed by atoms with Crippen molar-refractivity contribution >= 4 is 16.8 Å². The standard InChI is InChI=1S/C24H25N5O/c1-16-3-2-4-20-19(15-26-24(16)20)13-23(30)29-11-7-18(8-12-29)22-14-21(27-28-22)17-5-9-25-10-6-17/h2-6,9-10,14-15,18,26H,7-8,11-13H2,1H3,(H,27,28). The Morgan fingerprint density at radius 3 is 2.77 bits per heavy atom. The number of aromatic nitrogens is 4. The number of nitrogens with zero attached hydrogens (tertiary/aromatic N) is 3. The molecule has 1 aromatic carbocycles. The molecule has 0 bridgehead atoms. The lowest BCUT2D eigenvalue weighted by molar-refractivity contribution is -0.131. The van der Waals surface area contributed by atoms with E-state index in [1.165, 1.54) is 5.56 Å². The van der Waals surface area contributed by atoms with Crippen LogP contribution >= 0.6 is 0 Å². The Morgan fingerprint density at radius 1 is 1.17 bits per heavy atom. The van der Waals surface area contributed by atoms with Gasteiger partial charge in [-0.15, -0.1) is 0 Å². The number of benzene rings is 1. The summed E-state index contributed by atoms with van der Waals surface area (Å²) in [7, 11) is 0. The molecule has 1 saturated heterocycles. The van der Waals surface area contributed by atoms with Gasteiger partial charge in [-0.2, -0.15) is 5.10 Å². The molecule has 1 aliphatic heterocycles. The summed E-state index contributed by atoms with van der Waals surface area (Å²) < 4.78 is 0. The molecule has 152 valence electrons. The van der Waals surface area contributed by atoms with Crippen molar-refractivity contribution in [2.24, 2.45) is 0 Å². The van der Waals surface area contributed by atoms with Gasteiger partial charge in [-0.1, -0.05) is 18.2 Å². The molecule has 4 heterocycles. The Labute approximate surface area is 175 Å². The maximum absolute atomic E-state index is 12.9. The Balaban J connectivity index is 1.22. The maximum atomic E-state index is 12.9. The van der Waals surface area contributed by atoms with E-state index in [2.05, 4.69) is 51.4 Å². The largest absolute Gasteiger partial charge is 0.361 e. The minimum Gasteiger partial charge on any atom is -0.361 e. The van der Waals surface area contributed by atoms with Crippen LogP contribution < -0.4 is 0 Å². The second kappa shape index (κ2) is 7.78. The number of pyridine rings is 1. The molecule has 6 nitrogen and oxygen atoms in total. The van der Waals surface area contributed by atoms with Gasteiger partial charge in [-0.3, -0.25) is 14.9 Å². The van der Waals surface area contributed by atoms with Gasteiger partial charge in [0.05, 0.1) is 12.1 Å². The Morgan fingerprint density at radius 2 is 1.97 bits per heavy atom. The highest BCUT2D eigenvalue weighted by atomic mass is 16.2. The third-order valence-electron chi connectivity index (χ3n) is 6.21. The first kappa shape index (κ1) is 18.6. The first-order valence-corrected chi connectivity index (χ1v) is 10.5. The molecular formula is C24H25N5O. The van der Waals surface area contributed by atoms with Crippen molar-refractivity contribution in [1.29, 1.82) is 0 Å². The summed E-state index contributed by atoms with van der Waals surface area (Å²) in [5.74, 6) is 0.616. The number of aromatic amines is 2. The van der Waals surface area contributed by atoms with Crippen molar-refractivity contribution in [1.82, 2.24) is 25.1 Å². The van der Waals surface area contributed by atoms with Crippen LogP contribution in [0.2, 0.25) is 0 Å². The fourth-order valence-corrected chi connectivity index (χ4v) is 4.44. The highest BCUT2D eigenvalue weighted by Gasteiger charge is 2.25. The summed E-state index contributed by atoms with van der Waals surface area (Å²) in [4.78, 5) is 22.3. The van der Waals surface area contributed by atoms with Crippen molar-refractivity contribution in [2.45, 2.75) is 32.1 Å². The van der Waals surface area contributed by atoms with E-state index in [1.54, 1.807) is 12.4 Å². The van der Waals surface area contributed by atoms with E-state index < -0.39 is 0 Å². The number of hydrogen-bond acceptors (Lipinski definition) is 3. The second-order valence-corrected chi connectivity index (χ2v) is 8.09. The first-order valence-electron chi connectivity index (χ1n) is 10.5. The van der Waals surface area contributed by atoms with Crippen LogP contribution in [0.5, 0.6) is 0 Å². The van der Waals surface area contributed by atoms with Crippen molar-refractivity contribution in [3.05, 3.63) is 71.8 Å². The monoisotopic (exact) mass is 399 g/mol. The lowest BCUT2D eigenvalue weighted by Gasteiger charge is -2.31. The van der Waals surface area contributed by atoms with Crippen LogP contribution in [0.15, 0.2) is 55.0 Å². The molecule has 5 rings (SSSR count). The highest BCUT2D eigenvalue weighted by Crippen LogP contribution is 2.30. The number of piperidine rings is 1. The summed E-state index contributed by atoms with van der Waals surface area (Å²) in [6, 6.07) is 12.3. The van der Waals surface area contributed by atoms with Crippen LogP contribution in [-0.2, 0) is 11.2 Å². The molecule has 1 aliphatic rings. The molecule has 0 aliphatic carbocycles. The van der Waals surface area contributed by atoms with Crippen molar-refractivity contribution < 1.29 is 4.79 Å². The number of amides is 1. The van der Waals surface area contributed by atoms with Crippen LogP contribution in [0.1, 0.15) is 35.6 Å². The highest BCUT2D eigenvalue weighted by molar-refractivity contribution is 5.90.